The van der Waals surface area contributed by atoms with Crippen LogP contribution in [0.1, 0.15) is 0 Å². The van der Waals surface area contributed by atoms with Crippen molar-refractivity contribution in [2.24, 2.45) is 0 Å². The lowest BCUT2D eigenvalue weighted by molar-refractivity contribution is 1.13. The van der Waals surface area contributed by atoms with Crippen molar-refractivity contribution >= 4 is 22.2 Å². The summed E-state index contributed by atoms with van der Waals surface area (Å²) >= 11 is 1.51. The highest BCUT2D eigenvalue weighted by Gasteiger charge is 2.02. The molecule has 1 aromatic carbocycles. The summed E-state index contributed by atoms with van der Waals surface area (Å²) in [4.78, 5) is 7.22. The number of nitrogens with two attached hydrogens (primary N) is 1. The van der Waals surface area contributed by atoms with Gasteiger partial charge in [-0.15, -0.1) is 0 Å². The third-order valence-electron chi connectivity index (χ3n) is 2.19. The molecule has 0 fully saturated rings. The van der Waals surface area contributed by atoms with Crippen molar-refractivity contribution in [3.63, 3.8) is 0 Å². The van der Waals surface area contributed by atoms with Gasteiger partial charge in [-0.1, -0.05) is 23.5 Å². The van der Waals surface area contributed by atoms with Crippen LogP contribution in [0.2, 0.25) is 0 Å². The van der Waals surface area contributed by atoms with E-state index < -0.39 is 0 Å². The van der Waals surface area contributed by atoms with Crippen molar-refractivity contribution in [2.75, 3.05) is 24.7 Å². The maximum atomic E-state index is 5.59. The Morgan fingerprint density at radius 1 is 1.20 bits per heavy atom. The van der Waals surface area contributed by atoms with Gasteiger partial charge in [-0.05, 0) is 17.7 Å². The van der Waals surface area contributed by atoms with Gasteiger partial charge in [0.2, 0.25) is 0 Å². The average molecular weight is 219 g/mol. The maximum absolute atomic E-state index is 5.59. The van der Waals surface area contributed by atoms with Crippen molar-refractivity contribution < 1.29 is 0 Å². The zero-order chi connectivity index (χ0) is 10.8. The molecule has 0 spiro atoms. The Labute approximate surface area is 93.2 Å². The van der Waals surface area contributed by atoms with E-state index in [1.165, 1.54) is 17.0 Å². The van der Waals surface area contributed by atoms with E-state index in [1.54, 1.807) is 0 Å². The molecule has 0 bridgehead atoms. The second kappa shape index (κ2) is 3.90. The first-order chi connectivity index (χ1) is 7.16. The molecule has 78 valence electrons. The monoisotopic (exact) mass is 219 g/mol. The molecular weight excluding hydrogens is 206 g/mol. The summed E-state index contributed by atoms with van der Waals surface area (Å²) in [6.07, 6.45) is 1.81. The fraction of sp³-hybridized carbons (Fsp3) is 0.182. The van der Waals surface area contributed by atoms with Crippen LogP contribution < -0.4 is 10.6 Å². The van der Waals surface area contributed by atoms with E-state index in [9.17, 15) is 0 Å². The predicted molar refractivity (Wildman–Crippen MR) is 66.3 cm³/mol. The zero-order valence-corrected chi connectivity index (χ0v) is 9.58. The van der Waals surface area contributed by atoms with Crippen LogP contribution in [-0.2, 0) is 0 Å². The lowest BCUT2D eigenvalue weighted by Crippen LogP contribution is -2.07. The van der Waals surface area contributed by atoms with Crippen LogP contribution in [0.15, 0.2) is 30.5 Å². The van der Waals surface area contributed by atoms with Gasteiger partial charge < -0.3 is 10.6 Å². The van der Waals surface area contributed by atoms with E-state index >= 15 is 0 Å². The van der Waals surface area contributed by atoms with Gasteiger partial charge in [0, 0.05) is 26.0 Å². The number of thiazole rings is 1. The molecule has 1 aromatic heterocycles. The molecule has 1 heterocycles. The molecule has 0 atom stereocenters. The van der Waals surface area contributed by atoms with E-state index in [0.717, 1.165) is 10.4 Å². The van der Waals surface area contributed by atoms with Crippen molar-refractivity contribution in [1.82, 2.24) is 4.98 Å². The average Bonchev–Trinajstić information content (AvgIpc) is 2.65. The Morgan fingerprint density at radius 2 is 1.87 bits per heavy atom. The molecule has 0 aliphatic rings. The number of anilines is 2. The molecule has 3 nitrogen and oxygen atoms in total. The maximum Gasteiger partial charge on any atom is 0.180 e. The van der Waals surface area contributed by atoms with Gasteiger partial charge in [0.15, 0.2) is 5.13 Å². The molecule has 2 N–H and O–H groups in total. The molecule has 4 heteroatoms. The quantitative estimate of drug-likeness (QED) is 0.843. The molecule has 0 saturated carbocycles. The highest BCUT2D eigenvalue weighted by Crippen LogP contribution is 2.28. The number of aromatic nitrogens is 1. The first-order valence-electron chi connectivity index (χ1n) is 4.66. The number of rotatable bonds is 2. The Kier molecular flexibility index (Phi) is 2.60. The number of hydrogen-bond donors (Lipinski definition) is 1. The first-order valence-corrected chi connectivity index (χ1v) is 5.47. The number of nitrogen functional groups attached to an aromatic ring is 1. The highest BCUT2D eigenvalue weighted by molar-refractivity contribution is 7.18. The molecule has 0 aliphatic heterocycles. The minimum Gasteiger partial charge on any atom is -0.378 e. The fourth-order valence-electron chi connectivity index (χ4n) is 1.34. The Hall–Kier alpha value is -1.55. The van der Waals surface area contributed by atoms with Crippen molar-refractivity contribution in [3.05, 3.63) is 30.5 Å². The van der Waals surface area contributed by atoms with Crippen molar-refractivity contribution in [3.8, 4) is 10.4 Å². The Morgan fingerprint density at radius 3 is 2.33 bits per heavy atom. The van der Waals surface area contributed by atoms with Gasteiger partial charge >= 0.3 is 0 Å². The van der Waals surface area contributed by atoms with Gasteiger partial charge in [0.05, 0.1) is 4.88 Å². The van der Waals surface area contributed by atoms with E-state index in [1.807, 2.05) is 20.3 Å². The number of nitrogens with zero attached hydrogens (tertiary/aromatic N) is 2. The molecule has 15 heavy (non-hydrogen) atoms. The van der Waals surface area contributed by atoms with Crippen molar-refractivity contribution in [2.45, 2.75) is 0 Å². The molecule has 2 rings (SSSR count). The second-order valence-corrected chi connectivity index (χ2v) is 4.57. The summed E-state index contributed by atoms with van der Waals surface area (Å²) in [6.45, 7) is 0. The Bertz CT molecular complexity index is 445. The number of benzene rings is 1. The van der Waals surface area contributed by atoms with Gasteiger partial charge in [0.25, 0.3) is 0 Å². The summed E-state index contributed by atoms with van der Waals surface area (Å²) < 4.78 is 0. The smallest absolute Gasteiger partial charge is 0.180 e. The molecule has 2 aromatic rings. The van der Waals surface area contributed by atoms with E-state index in [4.69, 9.17) is 5.73 Å². The molecule has 0 amide bonds. The minimum atomic E-state index is 0.613. The summed E-state index contributed by atoms with van der Waals surface area (Å²) in [5, 5.41) is 0.613. The topological polar surface area (TPSA) is 42.2 Å². The molecule has 0 unspecified atom stereocenters. The minimum absolute atomic E-state index is 0.613. The largest absolute Gasteiger partial charge is 0.378 e. The van der Waals surface area contributed by atoms with Crippen LogP contribution in [0.4, 0.5) is 10.8 Å². The van der Waals surface area contributed by atoms with Gasteiger partial charge in [-0.2, -0.15) is 0 Å². The van der Waals surface area contributed by atoms with Gasteiger partial charge in [0.1, 0.15) is 0 Å². The van der Waals surface area contributed by atoms with Crippen LogP contribution in [0, 0.1) is 0 Å². The Balaban J connectivity index is 2.31. The molecular formula is C11H13N3S. The van der Waals surface area contributed by atoms with Gasteiger partial charge in [-0.25, -0.2) is 4.98 Å². The summed E-state index contributed by atoms with van der Waals surface area (Å²) in [7, 11) is 4.05. The third-order valence-corrected chi connectivity index (χ3v) is 3.07. The van der Waals surface area contributed by atoms with E-state index in [-0.39, 0.29) is 0 Å². The lowest BCUT2D eigenvalue weighted by atomic mass is 10.2. The first kappa shape index (κ1) is 9.98. The highest BCUT2D eigenvalue weighted by atomic mass is 32.1. The zero-order valence-electron chi connectivity index (χ0n) is 8.77. The van der Waals surface area contributed by atoms with Gasteiger partial charge in [-0.3, -0.25) is 0 Å². The van der Waals surface area contributed by atoms with Crippen LogP contribution in [-0.4, -0.2) is 19.1 Å². The number of hydrogen-bond acceptors (Lipinski definition) is 4. The lowest BCUT2D eigenvalue weighted by Gasteiger charge is -2.12. The SMILES string of the molecule is CN(C)c1ccc(-c2cnc(N)s2)cc1. The van der Waals surface area contributed by atoms with E-state index in [2.05, 4.69) is 34.1 Å². The molecule has 0 aliphatic carbocycles. The predicted octanol–water partition coefficient (Wildman–Crippen LogP) is 2.46. The van der Waals surface area contributed by atoms with Crippen LogP contribution in [0.5, 0.6) is 0 Å². The van der Waals surface area contributed by atoms with Crippen LogP contribution >= 0.6 is 11.3 Å². The summed E-state index contributed by atoms with van der Waals surface area (Å²) in [5.74, 6) is 0. The second-order valence-electron chi connectivity index (χ2n) is 3.50. The summed E-state index contributed by atoms with van der Waals surface area (Å²) in [5.41, 5.74) is 7.95. The molecule has 0 saturated heterocycles. The fourth-order valence-corrected chi connectivity index (χ4v) is 2.03. The van der Waals surface area contributed by atoms with Crippen LogP contribution in [0.25, 0.3) is 10.4 Å². The van der Waals surface area contributed by atoms with Crippen LogP contribution in [0.3, 0.4) is 0 Å². The summed E-state index contributed by atoms with van der Waals surface area (Å²) in [6, 6.07) is 8.35. The normalized spacial score (nSPS) is 10.3. The van der Waals surface area contributed by atoms with Crippen molar-refractivity contribution in [1.29, 1.82) is 0 Å². The third kappa shape index (κ3) is 2.10. The van der Waals surface area contributed by atoms with E-state index in [0.29, 0.717) is 5.13 Å². The standard InChI is InChI=1S/C11H13N3S/c1-14(2)9-5-3-8(4-6-9)10-7-13-11(12)15-10/h3-7H,1-2H3,(H2,12,13). The molecule has 0 radical (unpaired) electrons.